The summed E-state index contributed by atoms with van der Waals surface area (Å²) < 4.78 is 6.30. The maximum absolute atomic E-state index is 12.5. The molecule has 2 fully saturated rings. The zero-order chi connectivity index (χ0) is 23.4. The molecule has 1 aromatic carbocycles. The summed E-state index contributed by atoms with van der Waals surface area (Å²) in [6, 6.07) is 8.51. The molecule has 176 valence electrons. The first-order valence-corrected chi connectivity index (χ1v) is 12.2. The third-order valence-corrected chi connectivity index (χ3v) is 9.87. The van der Waals surface area contributed by atoms with E-state index >= 15 is 0 Å². The van der Waals surface area contributed by atoms with E-state index in [1.165, 1.54) is 16.6 Å². The van der Waals surface area contributed by atoms with Crippen LogP contribution in [0.1, 0.15) is 64.6 Å². The van der Waals surface area contributed by atoms with Crippen molar-refractivity contribution < 1.29 is 20.2 Å². The molecule has 3 aliphatic carbocycles. The van der Waals surface area contributed by atoms with Crippen LogP contribution in [0.5, 0.6) is 0 Å². The van der Waals surface area contributed by atoms with Crippen LogP contribution in [0.15, 0.2) is 41.1 Å². The first-order chi connectivity index (χ1) is 15.5. The molecule has 0 spiro atoms. The van der Waals surface area contributed by atoms with Crippen molar-refractivity contribution in [3.8, 4) is 0 Å². The Labute approximate surface area is 194 Å². The molecule has 2 heterocycles. The number of aromatic amines is 1. The Balaban J connectivity index is 1.51. The summed E-state index contributed by atoms with van der Waals surface area (Å²) in [5, 5.41) is 37.6. The van der Waals surface area contributed by atoms with E-state index in [4.69, 9.17) is 4.74 Å². The molecule has 6 nitrogen and oxygen atoms in total. The lowest BCUT2D eigenvalue weighted by Gasteiger charge is -2.64. The van der Waals surface area contributed by atoms with E-state index in [-0.39, 0.29) is 17.2 Å². The highest BCUT2D eigenvalue weighted by molar-refractivity contribution is 6.00. The van der Waals surface area contributed by atoms with Crippen molar-refractivity contribution in [2.45, 2.75) is 88.6 Å². The van der Waals surface area contributed by atoms with Gasteiger partial charge in [0, 0.05) is 27.4 Å². The molecule has 33 heavy (non-hydrogen) atoms. The van der Waals surface area contributed by atoms with E-state index in [1.807, 2.05) is 0 Å². The van der Waals surface area contributed by atoms with Crippen LogP contribution in [0.3, 0.4) is 0 Å². The van der Waals surface area contributed by atoms with Gasteiger partial charge in [-0.05, 0) is 75.1 Å². The van der Waals surface area contributed by atoms with Gasteiger partial charge < -0.3 is 25.1 Å². The van der Waals surface area contributed by atoms with Gasteiger partial charge in [0.05, 0.1) is 17.3 Å². The molecule has 0 bridgehead atoms. The zero-order valence-corrected chi connectivity index (χ0v) is 19.9. The molecule has 4 aliphatic rings. The highest BCUT2D eigenvalue weighted by Crippen LogP contribution is 2.69. The minimum atomic E-state index is -1.19. The number of fused-ring (bicyclic) bond motifs is 9. The Morgan fingerprint density at radius 1 is 1.15 bits per heavy atom. The Morgan fingerprint density at radius 3 is 2.64 bits per heavy atom. The number of ether oxygens (including phenoxy) is 1. The number of nitrogens with zero attached hydrogens (tertiary/aromatic N) is 1. The number of benzene rings is 1. The Morgan fingerprint density at radius 2 is 1.91 bits per heavy atom. The van der Waals surface area contributed by atoms with Crippen molar-refractivity contribution in [2.24, 2.45) is 16.5 Å². The van der Waals surface area contributed by atoms with Gasteiger partial charge in [0.25, 0.3) is 0 Å². The maximum atomic E-state index is 12.5. The summed E-state index contributed by atoms with van der Waals surface area (Å²) >= 11 is 0. The second-order valence-electron chi connectivity index (χ2n) is 11.7. The van der Waals surface area contributed by atoms with Crippen molar-refractivity contribution in [1.82, 2.24) is 4.98 Å². The molecular weight excluding hydrogens is 416 g/mol. The van der Waals surface area contributed by atoms with Gasteiger partial charge in [-0.2, -0.15) is 0 Å². The summed E-state index contributed by atoms with van der Waals surface area (Å²) in [4.78, 5) is 3.75. The number of aliphatic hydroxyl groups is 2. The highest BCUT2D eigenvalue weighted by Gasteiger charge is 2.70. The number of para-hydroxylation sites is 1. The molecule has 2 aromatic rings. The number of hydrogen-bond acceptors (Lipinski definition) is 5. The van der Waals surface area contributed by atoms with Gasteiger partial charge in [-0.1, -0.05) is 37.2 Å². The largest absolute Gasteiger partial charge is 0.411 e. The normalized spacial score (nSPS) is 41.3. The molecule has 0 radical (unpaired) electrons. The Hall–Kier alpha value is -2.15. The van der Waals surface area contributed by atoms with Crippen LogP contribution >= 0.6 is 0 Å². The van der Waals surface area contributed by atoms with Crippen LogP contribution in [0.2, 0.25) is 0 Å². The number of nitrogens with one attached hydrogen (secondary N) is 1. The molecule has 0 unspecified atom stereocenters. The van der Waals surface area contributed by atoms with Crippen LogP contribution in [-0.2, 0) is 16.6 Å². The average Bonchev–Trinajstić information content (AvgIpc) is 3.29. The lowest BCUT2D eigenvalue weighted by molar-refractivity contribution is -0.185. The van der Waals surface area contributed by atoms with Crippen molar-refractivity contribution in [2.75, 3.05) is 0 Å². The molecule has 2 saturated carbocycles. The first-order valence-electron chi connectivity index (χ1n) is 12.2. The van der Waals surface area contributed by atoms with Gasteiger partial charge in [-0.15, -0.1) is 0 Å². The van der Waals surface area contributed by atoms with Crippen LogP contribution < -0.4 is 0 Å². The zero-order valence-electron chi connectivity index (χ0n) is 19.9. The van der Waals surface area contributed by atoms with E-state index in [0.29, 0.717) is 12.3 Å². The fourth-order valence-electron chi connectivity index (χ4n) is 7.92. The third kappa shape index (κ3) is 2.47. The minimum absolute atomic E-state index is 0.218. The second-order valence-corrected chi connectivity index (χ2v) is 11.7. The lowest BCUT2D eigenvalue weighted by atomic mass is 9.42. The van der Waals surface area contributed by atoms with Crippen molar-refractivity contribution in [1.29, 1.82) is 0 Å². The van der Waals surface area contributed by atoms with Crippen LogP contribution in [0.25, 0.3) is 10.9 Å². The third-order valence-electron chi connectivity index (χ3n) is 9.87. The van der Waals surface area contributed by atoms with Gasteiger partial charge in [0.15, 0.2) is 0 Å². The molecular formula is C27H34N2O4. The minimum Gasteiger partial charge on any atom is -0.411 e. The molecule has 6 rings (SSSR count). The van der Waals surface area contributed by atoms with Gasteiger partial charge in [-0.3, -0.25) is 0 Å². The number of hydrogen-bond donors (Lipinski definition) is 4. The number of oxime groups is 1. The number of H-pyrrole nitrogens is 1. The summed E-state index contributed by atoms with van der Waals surface area (Å²) in [6.07, 6.45) is 4.96. The van der Waals surface area contributed by atoms with Gasteiger partial charge in [0.1, 0.15) is 11.8 Å². The predicted octanol–water partition coefficient (Wildman–Crippen LogP) is 4.22. The number of aromatic nitrogens is 1. The second kappa shape index (κ2) is 6.49. The van der Waals surface area contributed by atoms with E-state index < -0.39 is 22.7 Å². The summed E-state index contributed by atoms with van der Waals surface area (Å²) in [6.45, 7) is 7.90. The molecule has 1 aliphatic heterocycles. The topological polar surface area (TPSA) is 98.1 Å². The molecule has 1 aromatic heterocycles. The van der Waals surface area contributed by atoms with E-state index in [0.717, 1.165) is 36.8 Å². The van der Waals surface area contributed by atoms with Crippen molar-refractivity contribution >= 4 is 16.6 Å². The maximum Gasteiger partial charge on any atom is 0.132 e. The van der Waals surface area contributed by atoms with Gasteiger partial charge >= 0.3 is 0 Å². The quantitative estimate of drug-likeness (QED) is 0.386. The molecule has 6 heteroatoms. The van der Waals surface area contributed by atoms with Crippen LogP contribution in [0.4, 0.5) is 0 Å². The molecule has 4 N–H and O–H groups in total. The lowest BCUT2D eigenvalue weighted by Crippen LogP contribution is -2.68. The Bertz CT molecular complexity index is 1210. The highest BCUT2D eigenvalue weighted by atomic mass is 16.5. The summed E-state index contributed by atoms with van der Waals surface area (Å²) in [5.41, 5.74) is 2.01. The van der Waals surface area contributed by atoms with Crippen molar-refractivity contribution in [3.05, 3.63) is 47.2 Å². The van der Waals surface area contributed by atoms with Gasteiger partial charge in [-0.25, -0.2) is 0 Å². The van der Waals surface area contributed by atoms with E-state index in [9.17, 15) is 15.4 Å². The fraction of sp³-hybridized carbons (Fsp3) is 0.593. The summed E-state index contributed by atoms with van der Waals surface area (Å²) in [7, 11) is 0. The fourth-order valence-corrected chi connectivity index (χ4v) is 7.92. The standard InChI is InChI=1S/C27H34N2O4/c1-24(2,30)23-20(29-32)14-18-21(33-23)10-11-25(3)26(4)15(9-12-27(18,25)31)13-17-16-7-5-6-8-19(16)28-22(17)26/h5-8,14-15,21,23,28,30-32H,9-13H2,1-4H3/t15-,21-,23-,25+,26+,27+/m0/s1. The van der Waals surface area contributed by atoms with Gasteiger partial charge in [0.2, 0.25) is 0 Å². The van der Waals surface area contributed by atoms with Crippen LogP contribution in [-0.4, -0.2) is 49.5 Å². The molecule has 0 amide bonds. The van der Waals surface area contributed by atoms with Crippen molar-refractivity contribution in [3.63, 3.8) is 0 Å². The van der Waals surface area contributed by atoms with Crippen LogP contribution in [0, 0.1) is 11.3 Å². The van der Waals surface area contributed by atoms with E-state index in [2.05, 4.69) is 48.3 Å². The molecule has 6 atom stereocenters. The average molecular weight is 451 g/mol. The predicted molar refractivity (Wildman–Crippen MR) is 127 cm³/mol. The Kier molecular flexibility index (Phi) is 4.21. The SMILES string of the molecule is CC(C)(O)[C@H]1O[C@H]2CC[C@@]3(C)[C@@](O)(CC[C@H]4Cc5c([nH]c6ccccc56)[C@@]43C)C2=CC1=NO. The smallest absolute Gasteiger partial charge is 0.132 e. The first kappa shape index (κ1) is 21.4. The monoisotopic (exact) mass is 450 g/mol. The number of rotatable bonds is 1. The van der Waals surface area contributed by atoms with E-state index in [1.54, 1.807) is 19.9 Å². The summed E-state index contributed by atoms with van der Waals surface area (Å²) in [5.74, 6) is 0.463. The molecule has 0 saturated heterocycles.